The van der Waals surface area contributed by atoms with Gasteiger partial charge in [0.25, 0.3) is 0 Å². The van der Waals surface area contributed by atoms with Crippen molar-refractivity contribution >= 4 is 33.8 Å². The van der Waals surface area contributed by atoms with Crippen molar-refractivity contribution in [3.8, 4) is 0 Å². The van der Waals surface area contributed by atoms with Crippen LogP contribution >= 0.6 is 22.7 Å². The smallest absolute Gasteiger partial charge is 0.357 e. The molecule has 2 rings (SSSR count). The van der Waals surface area contributed by atoms with Crippen LogP contribution in [0.4, 0.5) is 5.13 Å². The fraction of sp³-hybridized carbons (Fsp3) is 0.417. The summed E-state index contributed by atoms with van der Waals surface area (Å²) in [5, 5.41) is 6.98. The Morgan fingerprint density at radius 2 is 2.16 bits per heavy atom. The standard InChI is InChI=1S/C12H15N3O2S2/c1-6-5-18-10(13-6)7(2)14-12-15-9(8(3)19-12)11(16)17-4/h5,7H,1-4H3,(H,14,15). The number of nitrogens with one attached hydrogen (secondary N) is 1. The lowest BCUT2D eigenvalue weighted by Gasteiger charge is -2.08. The van der Waals surface area contributed by atoms with E-state index in [2.05, 4.69) is 15.3 Å². The molecule has 2 aromatic heterocycles. The van der Waals surface area contributed by atoms with E-state index in [4.69, 9.17) is 4.74 Å². The zero-order chi connectivity index (χ0) is 14.0. The molecule has 102 valence electrons. The summed E-state index contributed by atoms with van der Waals surface area (Å²) in [7, 11) is 1.36. The minimum absolute atomic E-state index is 0.0646. The minimum Gasteiger partial charge on any atom is -0.464 e. The van der Waals surface area contributed by atoms with Crippen LogP contribution in [0.15, 0.2) is 5.38 Å². The van der Waals surface area contributed by atoms with Gasteiger partial charge >= 0.3 is 5.97 Å². The van der Waals surface area contributed by atoms with Gasteiger partial charge in [0.15, 0.2) is 10.8 Å². The highest BCUT2D eigenvalue weighted by molar-refractivity contribution is 7.15. The van der Waals surface area contributed by atoms with Crippen molar-refractivity contribution in [3.05, 3.63) is 26.7 Å². The fourth-order valence-corrected chi connectivity index (χ4v) is 3.25. The molecule has 0 saturated carbocycles. The molecule has 0 fully saturated rings. The normalized spacial score (nSPS) is 12.2. The highest BCUT2D eigenvalue weighted by Crippen LogP contribution is 2.27. The summed E-state index contributed by atoms with van der Waals surface area (Å²) < 4.78 is 4.69. The second kappa shape index (κ2) is 5.66. The van der Waals surface area contributed by atoms with Gasteiger partial charge in [-0.1, -0.05) is 0 Å². The Labute approximate surface area is 119 Å². The van der Waals surface area contributed by atoms with Gasteiger partial charge < -0.3 is 10.1 Å². The lowest BCUT2D eigenvalue weighted by molar-refractivity contribution is 0.0594. The van der Waals surface area contributed by atoms with Gasteiger partial charge in [-0.3, -0.25) is 0 Å². The van der Waals surface area contributed by atoms with Gasteiger partial charge in [0, 0.05) is 16.0 Å². The highest BCUT2D eigenvalue weighted by Gasteiger charge is 2.17. The zero-order valence-electron chi connectivity index (χ0n) is 11.2. The third-order valence-electron chi connectivity index (χ3n) is 2.52. The molecule has 5 nitrogen and oxygen atoms in total. The Kier molecular flexibility index (Phi) is 4.16. The summed E-state index contributed by atoms with van der Waals surface area (Å²) in [5.41, 5.74) is 1.39. The summed E-state index contributed by atoms with van der Waals surface area (Å²) >= 11 is 3.05. The Morgan fingerprint density at radius 3 is 2.74 bits per heavy atom. The molecular formula is C12H15N3O2S2. The molecule has 0 aliphatic heterocycles. The van der Waals surface area contributed by atoms with E-state index in [1.807, 2.05) is 26.2 Å². The first-order chi connectivity index (χ1) is 9.01. The van der Waals surface area contributed by atoms with Crippen molar-refractivity contribution in [2.75, 3.05) is 12.4 Å². The predicted octanol–water partition coefficient (Wildman–Crippen LogP) is 3.18. The van der Waals surface area contributed by atoms with Crippen LogP contribution in [0, 0.1) is 13.8 Å². The lowest BCUT2D eigenvalue weighted by atomic mass is 10.3. The number of esters is 1. The number of thiazole rings is 2. The fourth-order valence-electron chi connectivity index (χ4n) is 1.56. The summed E-state index contributed by atoms with van der Waals surface area (Å²) in [5.74, 6) is -0.403. The molecule has 0 radical (unpaired) electrons. The first-order valence-corrected chi connectivity index (χ1v) is 7.45. The topological polar surface area (TPSA) is 64.1 Å². The number of nitrogens with zero attached hydrogens (tertiary/aromatic N) is 2. The van der Waals surface area contributed by atoms with E-state index < -0.39 is 5.97 Å². The molecule has 2 aromatic rings. The van der Waals surface area contributed by atoms with Gasteiger partial charge in [0.2, 0.25) is 0 Å². The average molecular weight is 297 g/mol. The number of carbonyl (C=O) groups is 1. The molecule has 0 bridgehead atoms. The Hall–Kier alpha value is -1.47. The number of aromatic nitrogens is 2. The number of ether oxygens (including phenoxy) is 1. The number of carbonyl (C=O) groups excluding carboxylic acids is 1. The summed E-state index contributed by atoms with van der Waals surface area (Å²) in [4.78, 5) is 21.0. The van der Waals surface area contributed by atoms with Gasteiger partial charge in [0.1, 0.15) is 5.01 Å². The van der Waals surface area contributed by atoms with E-state index in [-0.39, 0.29) is 6.04 Å². The zero-order valence-corrected chi connectivity index (χ0v) is 12.8. The molecular weight excluding hydrogens is 282 g/mol. The first kappa shape index (κ1) is 14.0. The van der Waals surface area contributed by atoms with Crippen LogP contribution in [0.1, 0.15) is 39.0 Å². The molecule has 0 aliphatic rings. The Morgan fingerprint density at radius 1 is 1.42 bits per heavy atom. The quantitative estimate of drug-likeness (QED) is 0.878. The van der Waals surface area contributed by atoms with Gasteiger partial charge in [-0.15, -0.1) is 22.7 Å². The summed E-state index contributed by atoms with van der Waals surface area (Å²) in [6.07, 6.45) is 0. The van der Waals surface area contributed by atoms with Crippen LogP contribution in [0.3, 0.4) is 0 Å². The third kappa shape index (κ3) is 3.10. The minimum atomic E-state index is -0.403. The molecule has 0 amide bonds. The number of rotatable bonds is 4. The van der Waals surface area contributed by atoms with Crippen LogP contribution in [0.5, 0.6) is 0 Å². The van der Waals surface area contributed by atoms with Crippen molar-refractivity contribution < 1.29 is 9.53 Å². The average Bonchev–Trinajstić information content (AvgIpc) is 2.95. The second-order valence-corrected chi connectivity index (χ2v) is 6.20. The van der Waals surface area contributed by atoms with Crippen molar-refractivity contribution in [1.29, 1.82) is 0 Å². The Balaban J connectivity index is 2.13. The largest absolute Gasteiger partial charge is 0.464 e. The molecule has 1 unspecified atom stereocenters. The molecule has 1 atom stereocenters. The van der Waals surface area contributed by atoms with E-state index in [9.17, 15) is 4.79 Å². The molecule has 1 N–H and O–H groups in total. The monoisotopic (exact) mass is 297 g/mol. The van der Waals surface area contributed by atoms with E-state index in [1.165, 1.54) is 18.4 Å². The maximum Gasteiger partial charge on any atom is 0.357 e. The Bertz CT molecular complexity index is 592. The van der Waals surface area contributed by atoms with E-state index in [1.54, 1.807) is 11.3 Å². The molecule has 0 aliphatic carbocycles. The molecule has 0 saturated heterocycles. The number of anilines is 1. The van der Waals surface area contributed by atoms with Crippen molar-refractivity contribution in [2.24, 2.45) is 0 Å². The molecule has 7 heteroatoms. The lowest BCUT2D eigenvalue weighted by Crippen LogP contribution is -2.07. The van der Waals surface area contributed by atoms with Gasteiger partial charge in [-0.05, 0) is 20.8 Å². The van der Waals surface area contributed by atoms with Crippen molar-refractivity contribution in [1.82, 2.24) is 9.97 Å². The number of hydrogen-bond acceptors (Lipinski definition) is 7. The van der Waals surface area contributed by atoms with E-state index in [0.717, 1.165) is 15.6 Å². The van der Waals surface area contributed by atoms with Gasteiger partial charge in [0.05, 0.1) is 13.2 Å². The van der Waals surface area contributed by atoms with Crippen molar-refractivity contribution in [3.63, 3.8) is 0 Å². The maximum atomic E-state index is 11.5. The van der Waals surface area contributed by atoms with Gasteiger partial charge in [-0.25, -0.2) is 14.8 Å². The maximum absolute atomic E-state index is 11.5. The first-order valence-electron chi connectivity index (χ1n) is 5.75. The van der Waals surface area contributed by atoms with Crippen molar-refractivity contribution in [2.45, 2.75) is 26.8 Å². The number of aryl methyl sites for hydroxylation is 2. The second-order valence-electron chi connectivity index (χ2n) is 4.11. The third-order valence-corrected chi connectivity index (χ3v) is 4.57. The summed E-state index contributed by atoms with van der Waals surface area (Å²) in [6.45, 7) is 5.84. The number of methoxy groups -OCH3 is 1. The SMILES string of the molecule is COC(=O)c1nc(NC(C)c2nc(C)cs2)sc1C. The van der Waals surface area contributed by atoms with Crippen LogP contribution in [0.25, 0.3) is 0 Å². The number of hydrogen-bond donors (Lipinski definition) is 1. The molecule has 19 heavy (non-hydrogen) atoms. The molecule has 2 heterocycles. The van der Waals surface area contributed by atoms with Crippen LogP contribution < -0.4 is 5.32 Å². The van der Waals surface area contributed by atoms with Crippen LogP contribution in [-0.2, 0) is 4.74 Å². The molecule has 0 spiro atoms. The van der Waals surface area contributed by atoms with Crippen LogP contribution in [0.2, 0.25) is 0 Å². The van der Waals surface area contributed by atoms with E-state index in [0.29, 0.717) is 10.8 Å². The molecule has 0 aromatic carbocycles. The van der Waals surface area contributed by atoms with Crippen LogP contribution in [-0.4, -0.2) is 23.0 Å². The predicted molar refractivity (Wildman–Crippen MR) is 77.1 cm³/mol. The highest BCUT2D eigenvalue weighted by atomic mass is 32.1. The summed E-state index contributed by atoms with van der Waals surface area (Å²) in [6, 6.07) is 0.0646. The van der Waals surface area contributed by atoms with Gasteiger partial charge in [-0.2, -0.15) is 0 Å². The van der Waals surface area contributed by atoms with E-state index >= 15 is 0 Å².